The fourth-order valence-electron chi connectivity index (χ4n) is 2.84. The third kappa shape index (κ3) is 4.13. The third-order valence-corrected chi connectivity index (χ3v) is 4.90. The molecule has 0 unspecified atom stereocenters. The number of halogens is 1. The molecule has 0 aliphatic carbocycles. The Hall–Kier alpha value is -2.06. The van der Waals surface area contributed by atoms with E-state index in [1.807, 2.05) is 0 Å². The lowest BCUT2D eigenvalue weighted by molar-refractivity contribution is 0.590. The third-order valence-electron chi connectivity index (χ3n) is 4.37. The summed E-state index contributed by atoms with van der Waals surface area (Å²) in [5.41, 5.74) is 6.25. The van der Waals surface area contributed by atoms with Gasteiger partial charge >= 0.3 is 0 Å². The largest absolute Gasteiger partial charge is 0.311 e. The second-order valence-electron chi connectivity index (χ2n) is 7.44. The Morgan fingerprint density at radius 2 is 1.04 bits per heavy atom. The van der Waals surface area contributed by atoms with Crippen LogP contribution in [0.4, 0.5) is 17.1 Å². The first-order valence-corrected chi connectivity index (χ1v) is 9.37. The van der Waals surface area contributed by atoms with Crippen molar-refractivity contribution < 1.29 is 0 Å². The molecule has 1 nitrogen and oxygen atoms in total. The van der Waals surface area contributed by atoms with Crippen LogP contribution in [0, 0.1) is 6.92 Å². The van der Waals surface area contributed by atoms with E-state index in [1.54, 1.807) is 0 Å². The van der Waals surface area contributed by atoms with Gasteiger partial charge in [-0.2, -0.15) is 0 Å². The summed E-state index contributed by atoms with van der Waals surface area (Å²) in [6.07, 6.45) is 0. The molecule has 0 N–H and O–H groups in total. The first-order valence-electron chi connectivity index (χ1n) is 8.57. The van der Waals surface area contributed by atoms with E-state index in [4.69, 9.17) is 0 Å². The van der Waals surface area contributed by atoms with Gasteiger partial charge in [0.25, 0.3) is 0 Å². The molecule has 0 heterocycles. The molecule has 0 aliphatic rings. The summed E-state index contributed by atoms with van der Waals surface area (Å²) in [4.78, 5) is 2.29. The molecule has 0 spiro atoms. The van der Waals surface area contributed by atoms with E-state index < -0.39 is 0 Å². The minimum absolute atomic E-state index is 0.158. The summed E-state index contributed by atoms with van der Waals surface area (Å²) >= 11 is 3.53. The maximum absolute atomic E-state index is 3.53. The number of hydrogen-bond acceptors (Lipinski definition) is 1. The standard InChI is InChI=1S/C23H24BrN/c1-17-5-11-20(12-6-17)25(22-15-9-19(24)10-16-22)21-13-7-18(8-14-21)23(2,3)4/h5-16H,1-4H3. The second-order valence-corrected chi connectivity index (χ2v) is 8.36. The molecule has 128 valence electrons. The molecule has 0 bridgehead atoms. The van der Waals surface area contributed by atoms with Crippen molar-refractivity contribution in [3.05, 3.63) is 88.4 Å². The van der Waals surface area contributed by atoms with Crippen molar-refractivity contribution in [3.8, 4) is 0 Å². The summed E-state index contributed by atoms with van der Waals surface area (Å²) < 4.78 is 1.09. The first-order chi connectivity index (χ1) is 11.8. The number of nitrogens with zero attached hydrogens (tertiary/aromatic N) is 1. The quantitative estimate of drug-likeness (QED) is 0.444. The lowest BCUT2D eigenvalue weighted by Gasteiger charge is -2.27. The van der Waals surface area contributed by atoms with Crippen molar-refractivity contribution in [3.63, 3.8) is 0 Å². The minimum atomic E-state index is 0.158. The highest BCUT2D eigenvalue weighted by Crippen LogP contribution is 2.36. The average molecular weight is 394 g/mol. The van der Waals surface area contributed by atoms with Gasteiger partial charge in [0.1, 0.15) is 0 Å². The molecule has 0 atom stereocenters. The van der Waals surface area contributed by atoms with E-state index in [2.05, 4.69) is 121 Å². The Kier molecular flexibility index (Phi) is 5.01. The van der Waals surface area contributed by atoms with Gasteiger partial charge in [0.2, 0.25) is 0 Å². The number of anilines is 3. The minimum Gasteiger partial charge on any atom is -0.311 e. The molecule has 0 saturated heterocycles. The van der Waals surface area contributed by atoms with E-state index in [-0.39, 0.29) is 5.41 Å². The smallest absolute Gasteiger partial charge is 0.0462 e. The molecule has 0 aliphatic heterocycles. The Morgan fingerprint density at radius 3 is 1.48 bits per heavy atom. The number of aryl methyl sites for hydroxylation is 1. The van der Waals surface area contributed by atoms with Gasteiger partial charge in [-0.05, 0) is 66.4 Å². The lowest BCUT2D eigenvalue weighted by Crippen LogP contribution is -2.13. The molecule has 3 rings (SSSR count). The van der Waals surface area contributed by atoms with Crippen molar-refractivity contribution in [2.45, 2.75) is 33.1 Å². The van der Waals surface area contributed by atoms with Crippen LogP contribution in [0.15, 0.2) is 77.3 Å². The van der Waals surface area contributed by atoms with Crippen molar-refractivity contribution in [2.24, 2.45) is 0 Å². The van der Waals surface area contributed by atoms with Gasteiger partial charge in [0.15, 0.2) is 0 Å². The maximum Gasteiger partial charge on any atom is 0.0462 e. The molecular formula is C23H24BrN. The van der Waals surface area contributed by atoms with Crippen LogP contribution in [0.25, 0.3) is 0 Å². The van der Waals surface area contributed by atoms with Gasteiger partial charge in [0.05, 0.1) is 0 Å². The molecule has 3 aromatic carbocycles. The fraction of sp³-hybridized carbons (Fsp3) is 0.217. The molecule has 0 aromatic heterocycles. The van der Waals surface area contributed by atoms with Crippen molar-refractivity contribution in [1.29, 1.82) is 0 Å². The lowest BCUT2D eigenvalue weighted by atomic mass is 9.87. The highest BCUT2D eigenvalue weighted by Gasteiger charge is 2.16. The van der Waals surface area contributed by atoms with Crippen LogP contribution >= 0.6 is 15.9 Å². The second kappa shape index (κ2) is 7.05. The SMILES string of the molecule is Cc1ccc(N(c2ccc(Br)cc2)c2ccc(C(C)(C)C)cc2)cc1. The van der Waals surface area contributed by atoms with Crippen LogP contribution in [0.3, 0.4) is 0 Å². The summed E-state index contributed by atoms with van der Waals surface area (Å²) in [7, 11) is 0. The number of rotatable bonds is 3. The summed E-state index contributed by atoms with van der Waals surface area (Å²) in [5, 5.41) is 0. The van der Waals surface area contributed by atoms with E-state index in [0.29, 0.717) is 0 Å². The Labute approximate surface area is 159 Å². The summed E-state index contributed by atoms with van der Waals surface area (Å²) in [5.74, 6) is 0. The Morgan fingerprint density at radius 1 is 0.640 bits per heavy atom. The average Bonchev–Trinajstić information content (AvgIpc) is 2.58. The Balaban J connectivity index is 2.07. The van der Waals surface area contributed by atoms with Gasteiger partial charge in [-0.1, -0.05) is 66.5 Å². The zero-order valence-corrected chi connectivity index (χ0v) is 16.8. The summed E-state index contributed by atoms with van der Waals surface area (Å²) in [6, 6.07) is 26.0. The highest BCUT2D eigenvalue weighted by molar-refractivity contribution is 9.10. The predicted molar refractivity (Wildman–Crippen MR) is 112 cm³/mol. The fourth-order valence-corrected chi connectivity index (χ4v) is 3.11. The predicted octanol–water partition coefficient (Wildman–Crippen LogP) is 7.52. The van der Waals surface area contributed by atoms with Gasteiger partial charge in [-0.3, -0.25) is 0 Å². The molecular weight excluding hydrogens is 370 g/mol. The normalized spacial score (nSPS) is 11.4. The number of hydrogen-bond donors (Lipinski definition) is 0. The number of benzene rings is 3. The zero-order chi connectivity index (χ0) is 18.0. The van der Waals surface area contributed by atoms with Crippen molar-refractivity contribution in [1.82, 2.24) is 0 Å². The molecule has 0 saturated carbocycles. The molecule has 3 aromatic rings. The van der Waals surface area contributed by atoms with Crippen molar-refractivity contribution in [2.75, 3.05) is 4.90 Å². The van der Waals surface area contributed by atoms with Gasteiger partial charge in [-0.15, -0.1) is 0 Å². The van der Waals surface area contributed by atoms with E-state index >= 15 is 0 Å². The van der Waals surface area contributed by atoms with Crippen LogP contribution in [-0.4, -0.2) is 0 Å². The van der Waals surface area contributed by atoms with E-state index in [9.17, 15) is 0 Å². The van der Waals surface area contributed by atoms with Crippen LogP contribution < -0.4 is 4.90 Å². The van der Waals surface area contributed by atoms with Gasteiger partial charge < -0.3 is 4.90 Å². The first kappa shape index (κ1) is 17.8. The monoisotopic (exact) mass is 393 g/mol. The zero-order valence-electron chi connectivity index (χ0n) is 15.3. The Bertz CT molecular complexity index is 780. The van der Waals surface area contributed by atoms with Gasteiger partial charge in [-0.25, -0.2) is 0 Å². The van der Waals surface area contributed by atoms with Crippen LogP contribution in [0.1, 0.15) is 31.9 Å². The molecule has 25 heavy (non-hydrogen) atoms. The van der Waals surface area contributed by atoms with Crippen LogP contribution in [0.2, 0.25) is 0 Å². The molecule has 0 radical (unpaired) electrons. The maximum atomic E-state index is 3.53. The van der Waals surface area contributed by atoms with Crippen LogP contribution in [0.5, 0.6) is 0 Å². The molecule has 0 amide bonds. The molecule has 0 fully saturated rings. The van der Waals surface area contributed by atoms with Crippen molar-refractivity contribution >= 4 is 33.0 Å². The topological polar surface area (TPSA) is 3.24 Å². The van der Waals surface area contributed by atoms with E-state index in [1.165, 1.54) is 16.8 Å². The summed E-state index contributed by atoms with van der Waals surface area (Å²) in [6.45, 7) is 8.85. The van der Waals surface area contributed by atoms with Crippen LogP contribution in [-0.2, 0) is 5.41 Å². The molecule has 2 heteroatoms. The van der Waals surface area contributed by atoms with Gasteiger partial charge in [0, 0.05) is 21.5 Å². The van der Waals surface area contributed by atoms with E-state index in [0.717, 1.165) is 15.8 Å². The highest BCUT2D eigenvalue weighted by atomic mass is 79.9.